The molecule has 0 aliphatic carbocycles. The van der Waals surface area contributed by atoms with E-state index in [1.807, 2.05) is 18.2 Å². The number of para-hydroxylation sites is 1. The zero-order valence-corrected chi connectivity index (χ0v) is 9.84. The van der Waals surface area contributed by atoms with Crippen molar-refractivity contribution in [1.29, 1.82) is 0 Å². The fraction of sp³-hybridized carbons (Fsp3) is 0.0769. The number of carbonyl (C=O) groups excluding carboxylic acids is 1. The van der Waals surface area contributed by atoms with Crippen molar-refractivity contribution < 1.29 is 18.2 Å². The third-order valence-corrected chi connectivity index (χ3v) is 3.20. The second kappa shape index (κ2) is 3.66. The van der Waals surface area contributed by atoms with Crippen LogP contribution >= 0.6 is 0 Å². The first-order chi connectivity index (χ1) is 8.63. The second-order valence-electron chi connectivity index (χ2n) is 4.37. The van der Waals surface area contributed by atoms with E-state index < -0.39 is 12.4 Å². The normalized spacial score (nSPS) is 20.6. The molecule has 0 fully saturated rings. The Morgan fingerprint density at radius 2 is 1.94 bits per heavy atom. The first kappa shape index (κ1) is 11.0. The van der Waals surface area contributed by atoms with E-state index in [1.165, 1.54) is 17.6 Å². The van der Waals surface area contributed by atoms with Crippen molar-refractivity contribution in [2.24, 2.45) is 0 Å². The Labute approximate surface area is 104 Å². The summed E-state index contributed by atoms with van der Waals surface area (Å²) < 4.78 is 21.4. The maximum Gasteiger partial charge on any atom is 0.699 e. The van der Waals surface area contributed by atoms with Crippen LogP contribution in [0, 0.1) is 0 Å². The quantitative estimate of drug-likeness (QED) is 0.716. The summed E-state index contributed by atoms with van der Waals surface area (Å²) in [5.74, 6) is 0.404. The van der Waals surface area contributed by atoms with Gasteiger partial charge in [0.25, 0.3) is 0 Å². The zero-order valence-electron chi connectivity index (χ0n) is 9.84. The molecule has 0 amide bonds. The minimum Gasteiger partial charge on any atom is -0.624 e. The van der Waals surface area contributed by atoms with Crippen molar-refractivity contribution in [3.63, 3.8) is 0 Å². The van der Waals surface area contributed by atoms with Gasteiger partial charge in [-0.3, -0.25) is 0 Å². The van der Waals surface area contributed by atoms with Gasteiger partial charge in [0.2, 0.25) is 0 Å². The summed E-state index contributed by atoms with van der Waals surface area (Å²) in [7, 11) is 0. The Hall–Kier alpha value is -2.17. The van der Waals surface area contributed by atoms with E-state index in [9.17, 15) is 9.11 Å². The van der Waals surface area contributed by atoms with E-state index >= 15 is 0 Å². The Morgan fingerprint density at radius 3 is 2.72 bits per heavy atom. The van der Waals surface area contributed by atoms with Gasteiger partial charge in [-0.2, -0.15) is 0 Å². The molecule has 2 heterocycles. The van der Waals surface area contributed by atoms with Gasteiger partial charge in [-0.1, -0.05) is 18.2 Å². The summed E-state index contributed by atoms with van der Waals surface area (Å²) in [4.78, 5) is 11.6. The molecular formula is C13H11BFNO2. The highest BCUT2D eigenvalue weighted by atomic mass is 19.1. The second-order valence-corrected chi connectivity index (χ2v) is 4.37. The van der Waals surface area contributed by atoms with Crippen LogP contribution in [0.1, 0.15) is 6.92 Å². The standard InChI is InChI=1S/C13H11BFNO2/c1-10(17)14(15)16-9-5-4-7-12(16)11-6-2-3-8-13(11)18-14/h2-9H,1H3. The number of hydrogen-bond acceptors (Lipinski definition) is 2. The van der Waals surface area contributed by atoms with Crippen molar-refractivity contribution in [1.82, 2.24) is 0 Å². The molecule has 0 bridgehead atoms. The van der Waals surface area contributed by atoms with Crippen LogP contribution in [-0.4, -0.2) is 12.4 Å². The average molecular weight is 243 g/mol. The van der Waals surface area contributed by atoms with E-state index in [4.69, 9.17) is 4.65 Å². The fourth-order valence-corrected chi connectivity index (χ4v) is 2.26. The van der Waals surface area contributed by atoms with Crippen molar-refractivity contribution in [3.05, 3.63) is 48.7 Å². The highest BCUT2D eigenvalue weighted by molar-refractivity contribution is 6.90. The minimum absolute atomic E-state index is 0.404. The van der Waals surface area contributed by atoms with Gasteiger partial charge in [0.15, 0.2) is 5.69 Å². The van der Waals surface area contributed by atoms with E-state index in [2.05, 4.69) is 0 Å². The molecule has 1 unspecified atom stereocenters. The molecule has 0 radical (unpaired) electrons. The monoisotopic (exact) mass is 243 g/mol. The molecule has 1 aromatic heterocycles. The van der Waals surface area contributed by atoms with Crippen LogP contribution in [-0.2, 0) is 4.79 Å². The molecule has 0 spiro atoms. The number of benzene rings is 1. The minimum atomic E-state index is -3.21. The van der Waals surface area contributed by atoms with Crippen LogP contribution in [0.2, 0.25) is 0 Å². The SMILES string of the molecule is CC(=O)[B-]1(F)Oc2ccccc2-c2cccc[n+]21. The van der Waals surface area contributed by atoms with E-state index in [0.717, 1.165) is 5.56 Å². The maximum absolute atomic E-state index is 14.8. The lowest BCUT2D eigenvalue weighted by Gasteiger charge is -2.32. The van der Waals surface area contributed by atoms with Crippen LogP contribution < -0.4 is 9.13 Å². The predicted molar refractivity (Wildman–Crippen MR) is 65.6 cm³/mol. The number of carbonyl (C=O) groups is 1. The molecule has 3 rings (SSSR count). The molecule has 0 N–H and O–H groups in total. The molecule has 1 atom stereocenters. The lowest BCUT2D eigenvalue weighted by Crippen LogP contribution is -2.72. The van der Waals surface area contributed by atoms with Gasteiger partial charge in [0, 0.05) is 6.07 Å². The molecule has 1 aliphatic heterocycles. The third-order valence-electron chi connectivity index (χ3n) is 3.20. The summed E-state index contributed by atoms with van der Waals surface area (Å²) in [6.07, 6.45) is 1.53. The molecule has 0 saturated carbocycles. The van der Waals surface area contributed by atoms with Crippen molar-refractivity contribution in [2.75, 3.05) is 0 Å². The van der Waals surface area contributed by atoms with Crippen LogP contribution in [0.4, 0.5) is 4.32 Å². The maximum atomic E-state index is 14.8. The number of halogens is 1. The van der Waals surface area contributed by atoms with Gasteiger partial charge >= 0.3 is 6.76 Å². The molecule has 3 nitrogen and oxygen atoms in total. The molecular weight excluding hydrogens is 232 g/mol. The van der Waals surface area contributed by atoms with Crippen LogP contribution in [0.15, 0.2) is 48.7 Å². The highest BCUT2D eigenvalue weighted by Gasteiger charge is 2.52. The van der Waals surface area contributed by atoms with Crippen molar-refractivity contribution >= 4 is 12.4 Å². The van der Waals surface area contributed by atoms with Crippen LogP contribution in [0.5, 0.6) is 5.75 Å². The zero-order chi connectivity index (χ0) is 12.8. The van der Waals surface area contributed by atoms with E-state index in [1.54, 1.807) is 24.3 Å². The summed E-state index contributed by atoms with van der Waals surface area (Å²) in [6.45, 7) is -2.00. The summed E-state index contributed by atoms with van der Waals surface area (Å²) in [5, 5.41) is 0. The number of pyridine rings is 1. The van der Waals surface area contributed by atoms with Gasteiger partial charge in [-0.25, -0.2) is 0 Å². The number of rotatable bonds is 1. The molecule has 1 aromatic carbocycles. The summed E-state index contributed by atoms with van der Waals surface area (Å²) in [6, 6.07) is 12.4. The number of nitrogens with zero attached hydrogens (tertiary/aromatic N) is 1. The van der Waals surface area contributed by atoms with Crippen molar-refractivity contribution in [3.8, 4) is 17.0 Å². The fourth-order valence-electron chi connectivity index (χ4n) is 2.26. The highest BCUT2D eigenvalue weighted by Crippen LogP contribution is 2.33. The lowest BCUT2D eigenvalue weighted by molar-refractivity contribution is -0.555. The summed E-state index contributed by atoms with van der Waals surface area (Å²) in [5.41, 5.74) is 0.813. The third kappa shape index (κ3) is 1.37. The van der Waals surface area contributed by atoms with Gasteiger partial charge in [0.1, 0.15) is 11.9 Å². The van der Waals surface area contributed by atoms with Gasteiger partial charge in [-0.05, 0) is 25.1 Å². The number of hydrogen-bond donors (Lipinski definition) is 0. The van der Waals surface area contributed by atoms with Crippen LogP contribution in [0.3, 0.4) is 0 Å². The number of aromatic nitrogens is 1. The Balaban J connectivity index is 2.33. The average Bonchev–Trinajstić information content (AvgIpc) is 2.39. The lowest BCUT2D eigenvalue weighted by atomic mass is 9.68. The molecule has 2 aromatic rings. The van der Waals surface area contributed by atoms with Gasteiger partial charge in [-0.15, -0.1) is 0 Å². The Kier molecular flexibility index (Phi) is 2.23. The van der Waals surface area contributed by atoms with Gasteiger partial charge < -0.3 is 18.2 Å². The van der Waals surface area contributed by atoms with Crippen molar-refractivity contribution in [2.45, 2.75) is 6.92 Å². The molecule has 1 aliphatic rings. The predicted octanol–water partition coefficient (Wildman–Crippen LogP) is 1.92. The van der Waals surface area contributed by atoms with Crippen LogP contribution in [0.25, 0.3) is 11.3 Å². The molecule has 0 saturated heterocycles. The summed E-state index contributed by atoms with van der Waals surface area (Å²) >= 11 is 0. The van der Waals surface area contributed by atoms with Gasteiger partial charge in [0.05, 0.1) is 11.3 Å². The first-order valence-corrected chi connectivity index (χ1v) is 5.76. The Bertz CT molecular complexity index is 646. The smallest absolute Gasteiger partial charge is 0.624 e. The Morgan fingerprint density at radius 1 is 1.22 bits per heavy atom. The largest absolute Gasteiger partial charge is 0.699 e. The molecule has 90 valence electrons. The number of fused-ring (bicyclic) bond motifs is 3. The molecule has 5 heteroatoms. The van der Waals surface area contributed by atoms with E-state index in [-0.39, 0.29) is 0 Å². The molecule has 18 heavy (non-hydrogen) atoms. The van der Waals surface area contributed by atoms with E-state index in [0.29, 0.717) is 11.4 Å². The first-order valence-electron chi connectivity index (χ1n) is 5.76. The topological polar surface area (TPSA) is 30.2 Å².